The van der Waals surface area contributed by atoms with Gasteiger partial charge in [0.1, 0.15) is 0 Å². The van der Waals surface area contributed by atoms with Gasteiger partial charge in [-0.05, 0) is 48.7 Å². The van der Waals surface area contributed by atoms with E-state index in [9.17, 15) is 4.79 Å². The van der Waals surface area contributed by atoms with Gasteiger partial charge in [0.2, 0.25) is 5.91 Å². The van der Waals surface area contributed by atoms with Gasteiger partial charge in [0.25, 0.3) is 0 Å². The van der Waals surface area contributed by atoms with E-state index in [1.165, 1.54) is 16.8 Å². The van der Waals surface area contributed by atoms with E-state index in [-0.39, 0.29) is 11.9 Å². The molecule has 0 saturated heterocycles. The average Bonchev–Trinajstić information content (AvgIpc) is 2.88. The van der Waals surface area contributed by atoms with Crippen molar-refractivity contribution in [3.05, 3.63) is 69.3 Å². The van der Waals surface area contributed by atoms with Gasteiger partial charge in [0, 0.05) is 36.4 Å². The summed E-state index contributed by atoms with van der Waals surface area (Å²) in [6.45, 7) is 3.02. The Kier molecular flexibility index (Phi) is 5.52. The largest absolute Gasteiger partial charge is 0.378 e. The molecule has 1 unspecified atom stereocenters. The Bertz CT molecular complexity index is 973. The summed E-state index contributed by atoms with van der Waals surface area (Å²) in [6.07, 6.45) is 1.33. The molecule has 0 bridgehead atoms. The number of benzene rings is 2. The quantitative estimate of drug-likeness (QED) is 0.656. The van der Waals surface area contributed by atoms with Crippen LogP contribution in [0, 0.1) is 0 Å². The number of hydrogen-bond donors (Lipinski definition) is 3. The number of likely N-dealkylation sites (N-methyl/N-ethyl adjacent to an activating group) is 1. The van der Waals surface area contributed by atoms with Crippen molar-refractivity contribution in [2.75, 3.05) is 26.0 Å². The number of carbonyl (C=O) groups is 1. The monoisotopic (exact) mass is 455 g/mol. The van der Waals surface area contributed by atoms with Crippen LogP contribution in [0.5, 0.6) is 0 Å². The number of rotatable bonds is 4. The number of allylic oxidation sites excluding steroid dienone is 1. The molecule has 0 fully saturated rings. The summed E-state index contributed by atoms with van der Waals surface area (Å²) in [7, 11) is 3.71. The summed E-state index contributed by atoms with van der Waals surface area (Å²) < 4.78 is 1.07. The zero-order valence-corrected chi connectivity index (χ0v) is 18.5. The third-order valence-electron chi connectivity index (χ3n) is 5.49. The molecule has 2 heterocycles. The molecule has 0 radical (unpaired) electrons. The number of hydrazine groups is 2. The molecule has 4 rings (SSSR count). The summed E-state index contributed by atoms with van der Waals surface area (Å²) in [5.74, 6) is 0.0180. The molecule has 152 valence electrons. The minimum atomic E-state index is 0.0180. The van der Waals surface area contributed by atoms with Crippen molar-refractivity contribution >= 4 is 33.2 Å². The lowest BCUT2D eigenvalue weighted by molar-refractivity contribution is -0.119. The number of fused-ring (bicyclic) bond motifs is 3. The number of nitrogens with zero attached hydrogens (tertiary/aromatic N) is 2. The molecule has 2 aromatic rings. The first-order valence-corrected chi connectivity index (χ1v) is 10.6. The van der Waals surface area contributed by atoms with Gasteiger partial charge in [0.15, 0.2) is 0 Å². The van der Waals surface area contributed by atoms with Gasteiger partial charge in [-0.1, -0.05) is 34.1 Å². The maximum absolute atomic E-state index is 11.7. The van der Waals surface area contributed by atoms with Crippen molar-refractivity contribution in [2.45, 2.75) is 25.8 Å². The highest BCUT2D eigenvalue weighted by Crippen LogP contribution is 2.39. The number of anilines is 1. The van der Waals surface area contributed by atoms with E-state index in [0.29, 0.717) is 6.42 Å². The van der Waals surface area contributed by atoms with Crippen molar-refractivity contribution < 1.29 is 4.79 Å². The summed E-state index contributed by atoms with van der Waals surface area (Å²) in [5.41, 5.74) is 10.3. The lowest BCUT2D eigenvalue weighted by Crippen LogP contribution is -2.40. The van der Waals surface area contributed by atoms with Gasteiger partial charge in [0.05, 0.1) is 23.9 Å². The van der Waals surface area contributed by atoms with E-state index >= 15 is 0 Å². The van der Waals surface area contributed by atoms with Crippen LogP contribution in [0.3, 0.4) is 0 Å². The van der Waals surface area contributed by atoms with Crippen LogP contribution in [0.25, 0.3) is 5.70 Å². The van der Waals surface area contributed by atoms with Gasteiger partial charge < -0.3 is 16.1 Å². The van der Waals surface area contributed by atoms with Gasteiger partial charge in [-0.25, -0.2) is 0 Å². The molecule has 3 N–H and O–H groups in total. The number of amides is 1. The predicted octanol–water partition coefficient (Wildman–Crippen LogP) is 3.65. The zero-order valence-electron chi connectivity index (χ0n) is 16.9. The molecule has 2 aliphatic heterocycles. The smallest absolute Gasteiger partial charge is 0.224 e. The highest BCUT2D eigenvalue weighted by Gasteiger charge is 2.33. The second kappa shape index (κ2) is 8.08. The van der Waals surface area contributed by atoms with E-state index in [1.54, 1.807) is 7.05 Å². The molecule has 0 spiro atoms. The fourth-order valence-electron chi connectivity index (χ4n) is 4.14. The van der Waals surface area contributed by atoms with Crippen LogP contribution in [0.1, 0.15) is 36.1 Å². The van der Waals surface area contributed by atoms with Gasteiger partial charge >= 0.3 is 0 Å². The fraction of sp³-hybridized carbons (Fsp3) is 0.318. The molecule has 0 saturated carbocycles. The Morgan fingerprint density at radius 3 is 2.90 bits per heavy atom. The van der Waals surface area contributed by atoms with E-state index in [4.69, 9.17) is 0 Å². The van der Waals surface area contributed by atoms with E-state index in [0.717, 1.165) is 34.4 Å². The molecule has 6 nitrogen and oxygen atoms in total. The SMILES string of the molecule is CNC(=O)Cc1cccc(NC2CCN3C(=C(C)NN3C)c3ccc(Br)cc32)c1. The number of halogens is 1. The van der Waals surface area contributed by atoms with Crippen LogP contribution in [0.4, 0.5) is 5.69 Å². The normalized spacial score (nSPS) is 18.6. The van der Waals surface area contributed by atoms with Crippen molar-refractivity contribution in [1.82, 2.24) is 20.9 Å². The number of carbonyl (C=O) groups excluding carboxylic acids is 1. The Morgan fingerprint density at radius 1 is 1.28 bits per heavy atom. The number of hydrogen-bond acceptors (Lipinski definition) is 5. The first-order chi connectivity index (χ1) is 14.0. The molecule has 29 heavy (non-hydrogen) atoms. The van der Waals surface area contributed by atoms with E-state index in [1.807, 2.05) is 19.2 Å². The van der Waals surface area contributed by atoms with Gasteiger partial charge in [-0.2, -0.15) is 0 Å². The molecule has 2 aliphatic rings. The summed E-state index contributed by atoms with van der Waals surface area (Å²) in [6, 6.07) is 14.8. The van der Waals surface area contributed by atoms with Crippen molar-refractivity contribution in [3.8, 4) is 0 Å². The first-order valence-electron chi connectivity index (χ1n) is 9.81. The fourth-order valence-corrected chi connectivity index (χ4v) is 4.52. The molecule has 1 amide bonds. The zero-order chi connectivity index (χ0) is 20.5. The first kappa shape index (κ1) is 19.8. The van der Waals surface area contributed by atoms with E-state index in [2.05, 4.69) is 79.4 Å². The topological polar surface area (TPSA) is 59.6 Å². The summed E-state index contributed by atoms with van der Waals surface area (Å²) in [4.78, 5) is 11.7. The standard InChI is InChI=1S/C22H26BrN5O/c1-14-22-18-8-7-16(23)13-19(18)20(9-10-28(22)27(3)26-14)25-17-6-4-5-15(11-17)12-21(29)24-2/h4-8,11,13,20,25-26H,9-10,12H2,1-3H3,(H,24,29). The average molecular weight is 456 g/mol. The van der Waals surface area contributed by atoms with Crippen molar-refractivity contribution in [2.24, 2.45) is 0 Å². The minimum absolute atomic E-state index is 0.0180. The second-order valence-electron chi connectivity index (χ2n) is 7.50. The van der Waals surface area contributed by atoms with Crippen LogP contribution in [-0.2, 0) is 11.2 Å². The van der Waals surface area contributed by atoms with Crippen LogP contribution in [0.15, 0.2) is 52.6 Å². The van der Waals surface area contributed by atoms with Crippen molar-refractivity contribution in [3.63, 3.8) is 0 Å². The Hall–Kier alpha value is -2.51. The summed E-state index contributed by atoms with van der Waals surface area (Å²) in [5, 5.41) is 10.8. The highest BCUT2D eigenvalue weighted by molar-refractivity contribution is 9.10. The third-order valence-corrected chi connectivity index (χ3v) is 5.98. The van der Waals surface area contributed by atoms with Crippen LogP contribution in [0.2, 0.25) is 0 Å². The third kappa shape index (κ3) is 3.97. The highest BCUT2D eigenvalue weighted by atomic mass is 79.9. The minimum Gasteiger partial charge on any atom is -0.378 e. The molecular formula is C22H26BrN5O. The molecule has 2 aromatic carbocycles. The van der Waals surface area contributed by atoms with Gasteiger partial charge in [-0.15, -0.1) is 5.12 Å². The van der Waals surface area contributed by atoms with E-state index < -0.39 is 0 Å². The Labute approximate surface area is 180 Å². The lowest BCUT2D eigenvalue weighted by atomic mass is 9.97. The Balaban J connectivity index is 1.68. The predicted molar refractivity (Wildman–Crippen MR) is 120 cm³/mol. The lowest BCUT2D eigenvalue weighted by Gasteiger charge is -2.27. The second-order valence-corrected chi connectivity index (χ2v) is 8.42. The number of nitrogens with one attached hydrogen (secondary N) is 3. The molecule has 1 atom stereocenters. The van der Waals surface area contributed by atoms with Crippen LogP contribution < -0.4 is 16.1 Å². The molecule has 0 aliphatic carbocycles. The molecule has 7 heteroatoms. The van der Waals surface area contributed by atoms with Gasteiger partial charge in [-0.3, -0.25) is 9.80 Å². The Morgan fingerprint density at radius 2 is 2.10 bits per heavy atom. The molecular weight excluding hydrogens is 430 g/mol. The van der Waals surface area contributed by atoms with Crippen molar-refractivity contribution in [1.29, 1.82) is 0 Å². The molecule has 0 aromatic heterocycles. The van der Waals surface area contributed by atoms with Crippen LogP contribution >= 0.6 is 15.9 Å². The maximum atomic E-state index is 11.7. The maximum Gasteiger partial charge on any atom is 0.224 e. The summed E-state index contributed by atoms with van der Waals surface area (Å²) >= 11 is 3.65. The van der Waals surface area contributed by atoms with Crippen LogP contribution in [-0.4, -0.2) is 36.7 Å².